The summed E-state index contributed by atoms with van der Waals surface area (Å²) in [4.78, 5) is 10.3. The quantitative estimate of drug-likeness (QED) is 0.775. The molecule has 86 valence electrons. The van der Waals surface area contributed by atoms with E-state index in [4.69, 9.17) is 10.5 Å². The van der Waals surface area contributed by atoms with Crippen LogP contribution in [-0.2, 0) is 4.74 Å². The molecule has 0 saturated heterocycles. The molecule has 1 aromatic rings. The normalized spacial score (nSPS) is 9.56. The van der Waals surface area contributed by atoms with Crippen LogP contribution < -0.4 is 10.5 Å². The number of ether oxygens (including phenoxy) is 2. The Kier molecular flexibility index (Phi) is 4.39. The van der Waals surface area contributed by atoms with Gasteiger partial charge in [-0.15, -0.1) is 0 Å². The van der Waals surface area contributed by atoms with Crippen molar-refractivity contribution in [2.24, 2.45) is 5.73 Å². The Morgan fingerprint density at radius 1 is 1.44 bits per heavy atom. The topological polar surface area (TPSA) is 61.6 Å². The zero-order valence-electron chi connectivity index (χ0n) is 9.23. The summed E-state index contributed by atoms with van der Waals surface area (Å²) in [7, 11) is 0. The molecule has 0 spiro atoms. The van der Waals surface area contributed by atoms with Gasteiger partial charge in [-0.2, -0.15) is 0 Å². The molecule has 4 heteroatoms. The molecule has 2 N–H and O–H groups in total. The van der Waals surface area contributed by atoms with Crippen molar-refractivity contribution in [1.82, 2.24) is 0 Å². The van der Waals surface area contributed by atoms with Crippen LogP contribution in [0.2, 0.25) is 0 Å². The van der Waals surface area contributed by atoms with E-state index in [0.717, 1.165) is 11.1 Å². The molecule has 0 aromatic heterocycles. The third-order valence-corrected chi connectivity index (χ3v) is 1.92. The minimum absolute atomic E-state index is 0.145. The van der Waals surface area contributed by atoms with Crippen molar-refractivity contribution in [2.45, 2.75) is 6.92 Å². The third kappa shape index (κ3) is 4.04. The summed E-state index contributed by atoms with van der Waals surface area (Å²) in [5.41, 5.74) is 6.80. The van der Waals surface area contributed by atoms with E-state index in [1.807, 2.05) is 31.2 Å². The van der Waals surface area contributed by atoms with Gasteiger partial charge in [0, 0.05) is 0 Å². The number of hydrogen-bond donors (Lipinski definition) is 1. The second kappa shape index (κ2) is 5.80. The summed E-state index contributed by atoms with van der Waals surface area (Å²) in [6.07, 6.45) is -0.792. The predicted molar refractivity (Wildman–Crippen MR) is 62.2 cm³/mol. The number of amides is 1. The number of nitrogens with two attached hydrogens (primary N) is 1. The van der Waals surface area contributed by atoms with Gasteiger partial charge in [0.1, 0.15) is 19.0 Å². The number of rotatable bonds is 5. The molecule has 4 nitrogen and oxygen atoms in total. The molecule has 0 saturated carbocycles. The van der Waals surface area contributed by atoms with Crippen molar-refractivity contribution in [3.63, 3.8) is 0 Å². The summed E-state index contributed by atoms with van der Waals surface area (Å²) in [6, 6.07) is 7.55. The van der Waals surface area contributed by atoms with Crippen molar-refractivity contribution in [3.05, 3.63) is 36.4 Å². The van der Waals surface area contributed by atoms with Crippen molar-refractivity contribution in [2.75, 3.05) is 13.2 Å². The van der Waals surface area contributed by atoms with Crippen LogP contribution >= 0.6 is 0 Å². The Morgan fingerprint density at radius 3 is 2.81 bits per heavy atom. The van der Waals surface area contributed by atoms with Crippen molar-refractivity contribution in [1.29, 1.82) is 0 Å². The van der Waals surface area contributed by atoms with E-state index in [0.29, 0.717) is 5.75 Å². The van der Waals surface area contributed by atoms with Gasteiger partial charge in [0.2, 0.25) is 0 Å². The summed E-state index contributed by atoms with van der Waals surface area (Å²) in [5, 5.41) is 0. The van der Waals surface area contributed by atoms with E-state index >= 15 is 0 Å². The van der Waals surface area contributed by atoms with Crippen LogP contribution in [0.5, 0.6) is 5.75 Å². The number of hydrogen-bond acceptors (Lipinski definition) is 3. The first-order chi connectivity index (χ1) is 7.59. The highest BCUT2D eigenvalue weighted by Crippen LogP contribution is 2.18. The monoisotopic (exact) mass is 221 g/mol. The van der Waals surface area contributed by atoms with Crippen LogP contribution in [0.3, 0.4) is 0 Å². The largest absolute Gasteiger partial charge is 0.490 e. The molecule has 1 aromatic carbocycles. The predicted octanol–water partition coefficient (Wildman–Crippen LogP) is 2.19. The molecule has 1 rings (SSSR count). The molecule has 0 radical (unpaired) electrons. The third-order valence-electron chi connectivity index (χ3n) is 1.92. The lowest BCUT2D eigenvalue weighted by molar-refractivity contribution is 0.134. The molecule has 0 unspecified atom stereocenters. The first-order valence-corrected chi connectivity index (χ1v) is 4.90. The van der Waals surface area contributed by atoms with Gasteiger partial charge < -0.3 is 15.2 Å². The molecule has 0 atom stereocenters. The van der Waals surface area contributed by atoms with E-state index in [9.17, 15) is 4.79 Å². The van der Waals surface area contributed by atoms with E-state index in [1.54, 1.807) is 0 Å². The van der Waals surface area contributed by atoms with Gasteiger partial charge in [0.15, 0.2) is 0 Å². The van der Waals surface area contributed by atoms with Gasteiger partial charge in [-0.1, -0.05) is 24.3 Å². The summed E-state index contributed by atoms with van der Waals surface area (Å²) in [5.74, 6) is 0.716. The molecule has 1 amide bonds. The number of benzene rings is 1. The molecule has 0 fully saturated rings. The molecule has 0 heterocycles. The van der Waals surface area contributed by atoms with Crippen LogP contribution in [0.1, 0.15) is 12.5 Å². The zero-order valence-corrected chi connectivity index (χ0v) is 9.23. The second-order valence-corrected chi connectivity index (χ2v) is 3.32. The lowest BCUT2D eigenvalue weighted by atomic mass is 10.1. The SMILES string of the molecule is C=C(C)c1cccc(OCCOC(N)=O)c1. The van der Waals surface area contributed by atoms with Gasteiger partial charge in [0.05, 0.1) is 0 Å². The fourth-order valence-corrected chi connectivity index (χ4v) is 1.15. The standard InChI is InChI=1S/C12H15NO3/c1-9(2)10-4-3-5-11(8-10)15-6-7-16-12(13)14/h3-5,8H,1,6-7H2,2H3,(H2,13,14). The van der Waals surface area contributed by atoms with E-state index < -0.39 is 6.09 Å². The average Bonchev–Trinajstić information content (AvgIpc) is 2.24. The first-order valence-electron chi connectivity index (χ1n) is 4.90. The Bertz CT molecular complexity index is 388. The first kappa shape index (κ1) is 12.1. The van der Waals surface area contributed by atoms with Crippen LogP contribution in [0, 0.1) is 0 Å². The van der Waals surface area contributed by atoms with Gasteiger partial charge in [-0.3, -0.25) is 0 Å². The van der Waals surface area contributed by atoms with Crippen LogP contribution in [-0.4, -0.2) is 19.3 Å². The van der Waals surface area contributed by atoms with Crippen molar-refractivity contribution in [3.8, 4) is 5.75 Å². The Labute approximate surface area is 94.7 Å². The Balaban J connectivity index is 2.45. The molecule has 0 aliphatic carbocycles. The lowest BCUT2D eigenvalue weighted by Gasteiger charge is -2.07. The van der Waals surface area contributed by atoms with Gasteiger partial charge in [0.25, 0.3) is 0 Å². The summed E-state index contributed by atoms with van der Waals surface area (Å²) < 4.78 is 9.91. The highest BCUT2D eigenvalue weighted by atomic mass is 16.6. The Morgan fingerprint density at radius 2 is 2.19 bits per heavy atom. The van der Waals surface area contributed by atoms with Gasteiger partial charge in [-0.05, 0) is 24.6 Å². The van der Waals surface area contributed by atoms with E-state index in [-0.39, 0.29) is 13.2 Å². The number of primary amides is 1. The number of carbonyl (C=O) groups is 1. The molecule has 0 aliphatic rings. The average molecular weight is 221 g/mol. The minimum atomic E-state index is -0.792. The molecule has 0 bridgehead atoms. The second-order valence-electron chi connectivity index (χ2n) is 3.32. The number of carbonyl (C=O) groups excluding carboxylic acids is 1. The molecule has 0 aliphatic heterocycles. The summed E-state index contributed by atoms with van der Waals surface area (Å²) in [6.45, 7) is 6.20. The van der Waals surface area contributed by atoms with E-state index in [1.165, 1.54) is 0 Å². The lowest BCUT2D eigenvalue weighted by Crippen LogP contribution is -2.17. The fourth-order valence-electron chi connectivity index (χ4n) is 1.15. The zero-order chi connectivity index (χ0) is 12.0. The van der Waals surface area contributed by atoms with Crippen molar-refractivity contribution < 1.29 is 14.3 Å². The van der Waals surface area contributed by atoms with Crippen LogP contribution in [0.25, 0.3) is 5.57 Å². The van der Waals surface area contributed by atoms with Crippen LogP contribution in [0.4, 0.5) is 4.79 Å². The van der Waals surface area contributed by atoms with Gasteiger partial charge >= 0.3 is 6.09 Å². The maximum atomic E-state index is 10.3. The number of allylic oxidation sites excluding steroid dienone is 1. The molecular formula is C12H15NO3. The van der Waals surface area contributed by atoms with E-state index in [2.05, 4.69) is 11.3 Å². The Hall–Kier alpha value is -1.97. The summed E-state index contributed by atoms with van der Waals surface area (Å²) >= 11 is 0. The van der Waals surface area contributed by atoms with Crippen molar-refractivity contribution >= 4 is 11.7 Å². The maximum absolute atomic E-state index is 10.3. The van der Waals surface area contributed by atoms with Gasteiger partial charge in [-0.25, -0.2) is 4.79 Å². The fraction of sp³-hybridized carbons (Fsp3) is 0.250. The van der Waals surface area contributed by atoms with Crippen LogP contribution in [0.15, 0.2) is 30.8 Å². The highest BCUT2D eigenvalue weighted by Gasteiger charge is 1.98. The molecular weight excluding hydrogens is 206 g/mol. The smallest absolute Gasteiger partial charge is 0.404 e. The minimum Gasteiger partial charge on any atom is -0.490 e. The highest BCUT2D eigenvalue weighted by molar-refractivity contribution is 5.64. The molecule has 16 heavy (non-hydrogen) atoms. The maximum Gasteiger partial charge on any atom is 0.404 e.